The summed E-state index contributed by atoms with van der Waals surface area (Å²) in [5, 5.41) is 0. The molecule has 13 heavy (non-hydrogen) atoms. The Hall–Kier alpha value is -0.0400. The Bertz CT molecular complexity index is 153. The van der Waals surface area contributed by atoms with Crippen LogP contribution in [0.15, 0.2) is 0 Å². The highest BCUT2D eigenvalue weighted by Crippen LogP contribution is 2.34. The zero-order valence-corrected chi connectivity index (χ0v) is 9.88. The second-order valence-corrected chi connectivity index (χ2v) is 5.05. The first kappa shape index (κ1) is 11.0. The molecular formula is C12H25N. The van der Waals surface area contributed by atoms with Crippen LogP contribution in [0.1, 0.15) is 47.5 Å². The van der Waals surface area contributed by atoms with Gasteiger partial charge in [0.05, 0.1) is 0 Å². The third-order valence-corrected chi connectivity index (χ3v) is 3.53. The molecule has 3 unspecified atom stereocenters. The molecule has 0 N–H and O–H groups in total. The van der Waals surface area contributed by atoms with E-state index in [0.717, 1.165) is 17.9 Å². The van der Waals surface area contributed by atoms with Gasteiger partial charge in [0.15, 0.2) is 0 Å². The van der Waals surface area contributed by atoms with E-state index in [0.29, 0.717) is 6.04 Å². The van der Waals surface area contributed by atoms with E-state index < -0.39 is 0 Å². The van der Waals surface area contributed by atoms with Gasteiger partial charge in [-0.15, -0.1) is 0 Å². The number of hydrogen-bond acceptors (Lipinski definition) is 1. The second-order valence-electron chi connectivity index (χ2n) is 5.05. The van der Waals surface area contributed by atoms with Crippen molar-refractivity contribution in [3.8, 4) is 0 Å². The van der Waals surface area contributed by atoms with Gasteiger partial charge in [-0.3, -0.25) is 4.90 Å². The van der Waals surface area contributed by atoms with Crippen LogP contribution in [0.3, 0.4) is 0 Å². The highest BCUT2D eigenvalue weighted by atomic mass is 15.2. The fourth-order valence-corrected chi connectivity index (χ4v) is 2.98. The van der Waals surface area contributed by atoms with Crippen LogP contribution in [-0.4, -0.2) is 23.5 Å². The summed E-state index contributed by atoms with van der Waals surface area (Å²) in [7, 11) is 0. The molecule has 1 heteroatoms. The molecule has 0 radical (unpaired) electrons. The van der Waals surface area contributed by atoms with Crippen LogP contribution in [0, 0.1) is 11.8 Å². The lowest BCUT2D eigenvalue weighted by Crippen LogP contribution is -2.41. The average molecular weight is 183 g/mol. The Morgan fingerprint density at radius 3 is 2.15 bits per heavy atom. The van der Waals surface area contributed by atoms with Gasteiger partial charge in [-0.1, -0.05) is 20.8 Å². The summed E-state index contributed by atoms with van der Waals surface area (Å²) in [6, 6.07) is 1.56. The highest BCUT2D eigenvalue weighted by Gasteiger charge is 2.33. The van der Waals surface area contributed by atoms with Crippen molar-refractivity contribution in [2.24, 2.45) is 11.8 Å². The summed E-state index contributed by atoms with van der Waals surface area (Å²) in [6.45, 7) is 12.9. The third-order valence-electron chi connectivity index (χ3n) is 3.53. The van der Waals surface area contributed by atoms with Crippen molar-refractivity contribution in [1.29, 1.82) is 0 Å². The van der Waals surface area contributed by atoms with E-state index in [1.807, 2.05) is 0 Å². The quantitative estimate of drug-likeness (QED) is 0.649. The Morgan fingerprint density at radius 2 is 1.85 bits per heavy atom. The SMILES string of the molecule is CCN(C(C)C)C1CC(C)CC1C. The Labute approximate surface area is 83.5 Å². The van der Waals surface area contributed by atoms with Gasteiger partial charge in [0.2, 0.25) is 0 Å². The fraction of sp³-hybridized carbons (Fsp3) is 1.00. The zero-order valence-electron chi connectivity index (χ0n) is 9.88. The lowest BCUT2D eigenvalue weighted by Gasteiger charge is -2.34. The zero-order chi connectivity index (χ0) is 10.0. The topological polar surface area (TPSA) is 3.24 Å². The Kier molecular flexibility index (Phi) is 3.78. The number of nitrogens with zero attached hydrogens (tertiary/aromatic N) is 1. The molecule has 0 amide bonds. The van der Waals surface area contributed by atoms with Gasteiger partial charge < -0.3 is 0 Å². The molecule has 0 heterocycles. The fourth-order valence-electron chi connectivity index (χ4n) is 2.98. The normalized spacial score (nSPS) is 34.8. The van der Waals surface area contributed by atoms with Crippen molar-refractivity contribution in [2.45, 2.75) is 59.5 Å². The van der Waals surface area contributed by atoms with Gasteiger partial charge in [0, 0.05) is 12.1 Å². The predicted octanol–water partition coefficient (Wildman–Crippen LogP) is 3.15. The summed E-state index contributed by atoms with van der Waals surface area (Å²) in [5.74, 6) is 1.84. The maximum atomic E-state index is 2.66. The van der Waals surface area contributed by atoms with E-state index >= 15 is 0 Å². The van der Waals surface area contributed by atoms with E-state index in [1.165, 1.54) is 19.4 Å². The summed E-state index contributed by atoms with van der Waals surface area (Å²) in [4.78, 5) is 2.66. The highest BCUT2D eigenvalue weighted by molar-refractivity contribution is 4.87. The monoisotopic (exact) mass is 183 g/mol. The predicted molar refractivity (Wildman–Crippen MR) is 58.9 cm³/mol. The lowest BCUT2D eigenvalue weighted by molar-refractivity contribution is 0.135. The molecular weight excluding hydrogens is 158 g/mol. The van der Waals surface area contributed by atoms with Crippen molar-refractivity contribution >= 4 is 0 Å². The lowest BCUT2D eigenvalue weighted by atomic mass is 10.0. The minimum absolute atomic E-state index is 0.711. The van der Waals surface area contributed by atoms with Crippen LogP contribution in [-0.2, 0) is 0 Å². The van der Waals surface area contributed by atoms with Crippen LogP contribution in [0.25, 0.3) is 0 Å². The van der Waals surface area contributed by atoms with Crippen molar-refractivity contribution in [3.05, 3.63) is 0 Å². The van der Waals surface area contributed by atoms with E-state index in [1.54, 1.807) is 0 Å². The van der Waals surface area contributed by atoms with Crippen molar-refractivity contribution in [3.63, 3.8) is 0 Å². The van der Waals surface area contributed by atoms with Crippen LogP contribution >= 0.6 is 0 Å². The van der Waals surface area contributed by atoms with Crippen LogP contribution in [0.5, 0.6) is 0 Å². The van der Waals surface area contributed by atoms with Crippen LogP contribution < -0.4 is 0 Å². The second kappa shape index (κ2) is 4.45. The standard InChI is InChI=1S/C12H25N/c1-6-13(9(2)3)12-8-10(4)7-11(12)5/h9-12H,6-8H2,1-5H3. The van der Waals surface area contributed by atoms with Gasteiger partial charge >= 0.3 is 0 Å². The molecule has 0 bridgehead atoms. The summed E-state index contributed by atoms with van der Waals surface area (Å²) in [6.07, 6.45) is 2.83. The average Bonchev–Trinajstić information content (AvgIpc) is 2.31. The molecule has 1 saturated carbocycles. The smallest absolute Gasteiger partial charge is 0.0126 e. The molecule has 1 aliphatic rings. The molecule has 1 fully saturated rings. The molecule has 0 aromatic heterocycles. The molecule has 0 aromatic carbocycles. The molecule has 78 valence electrons. The molecule has 1 rings (SSSR count). The molecule has 0 saturated heterocycles. The summed E-state index contributed by atoms with van der Waals surface area (Å²) >= 11 is 0. The third kappa shape index (κ3) is 2.46. The van der Waals surface area contributed by atoms with Crippen LogP contribution in [0.2, 0.25) is 0 Å². The Balaban J connectivity index is 2.58. The molecule has 3 atom stereocenters. The minimum Gasteiger partial charge on any atom is -0.298 e. The van der Waals surface area contributed by atoms with Crippen molar-refractivity contribution in [1.82, 2.24) is 4.90 Å². The van der Waals surface area contributed by atoms with Crippen molar-refractivity contribution in [2.75, 3.05) is 6.54 Å². The summed E-state index contributed by atoms with van der Waals surface area (Å²) < 4.78 is 0. The minimum atomic E-state index is 0.711. The van der Waals surface area contributed by atoms with Crippen LogP contribution in [0.4, 0.5) is 0 Å². The van der Waals surface area contributed by atoms with E-state index in [4.69, 9.17) is 0 Å². The van der Waals surface area contributed by atoms with Gasteiger partial charge in [-0.05, 0) is 45.1 Å². The van der Waals surface area contributed by atoms with Gasteiger partial charge in [-0.25, -0.2) is 0 Å². The van der Waals surface area contributed by atoms with Crippen molar-refractivity contribution < 1.29 is 0 Å². The molecule has 1 aliphatic carbocycles. The first-order chi connectivity index (χ1) is 6.06. The van der Waals surface area contributed by atoms with E-state index in [-0.39, 0.29) is 0 Å². The molecule has 0 spiro atoms. The maximum Gasteiger partial charge on any atom is 0.0126 e. The first-order valence-corrected chi connectivity index (χ1v) is 5.82. The van der Waals surface area contributed by atoms with E-state index in [2.05, 4.69) is 39.5 Å². The Morgan fingerprint density at radius 1 is 1.23 bits per heavy atom. The van der Waals surface area contributed by atoms with Gasteiger partial charge in [-0.2, -0.15) is 0 Å². The first-order valence-electron chi connectivity index (χ1n) is 5.82. The molecule has 0 aromatic rings. The molecule has 1 nitrogen and oxygen atoms in total. The maximum absolute atomic E-state index is 2.66. The molecule has 0 aliphatic heterocycles. The van der Waals surface area contributed by atoms with Gasteiger partial charge in [0.25, 0.3) is 0 Å². The number of hydrogen-bond donors (Lipinski definition) is 0. The largest absolute Gasteiger partial charge is 0.298 e. The van der Waals surface area contributed by atoms with Gasteiger partial charge in [0.1, 0.15) is 0 Å². The number of rotatable bonds is 3. The van der Waals surface area contributed by atoms with E-state index in [9.17, 15) is 0 Å². The summed E-state index contributed by atoms with van der Waals surface area (Å²) in [5.41, 5.74) is 0.